The Kier molecular flexibility index (Phi) is 4.94. The molecule has 0 spiro atoms. The van der Waals surface area contributed by atoms with E-state index in [2.05, 4.69) is 10.3 Å². The number of alkyl halides is 2. The maximum absolute atomic E-state index is 13.5. The van der Waals surface area contributed by atoms with Crippen LogP contribution in [-0.2, 0) is 0 Å². The minimum Gasteiger partial charge on any atom is -0.439 e. The molecule has 1 aromatic carbocycles. The van der Waals surface area contributed by atoms with Gasteiger partial charge in [0.1, 0.15) is 11.9 Å². The fourth-order valence-corrected chi connectivity index (χ4v) is 2.74. The zero-order valence-electron chi connectivity index (χ0n) is 13.4. The van der Waals surface area contributed by atoms with Crippen LogP contribution in [-0.4, -0.2) is 34.1 Å². The number of nitrogens with one attached hydrogen (secondary N) is 1. The number of aliphatic hydroxyl groups excluding tert-OH is 1. The quantitative estimate of drug-likeness (QED) is 0.890. The number of aromatic nitrogens is 1. The number of hydrogen-bond donors (Lipinski definition) is 2. The highest BCUT2D eigenvalue weighted by Gasteiger charge is 2.46. The van der Waals surface area contributed by atoms with Crippen molar-refractivity contribution in [3.05, 3.63) is 54.2 Å². The molecule has 1 aromatic heterocycles. The fraction of sp³-hybridized carbons (Fsp3) is 0.333. The maximum Gasteiger partial charge on any atom is 0.275 e. The highest BCUT2D eigenvalue weighted by atomic mass is 19.3. The SMILES string of the molecule is O=C(N[C@H]1CCCC(F)(F)[C@@H]1O)c1ccc(Oc2ccccc2)nc1. The highest BCUT2D eigenvalue weighted by Crippen LogP contribution is 2.33. The van der Waals surface area contributed by atoms with Gasteiger partial charge in [-0.3, -0.25) is 4.79 Å². The summed E-state index contributed by atoms with van der Waals surface area (Å²) in [7, 11) is 0. The molecule has 0 unspecified atom stereocenters. The Labute approximate surface area is 143 Å². The van der Waals surface area contributed by atoms with Gasteiger partial charge < -0.3 is 15.2 Å². The smallest absolute Gasteiger partial charge is 0.275 e. The van der Waals surface area contributed by atoms with Gasteiger partial charge in [0.2, 0.25) is 5.88 Å². The van der Waals surface area contributed by atoms with Gasteiger partial charge in [0, 0.05) is 18.7 Å². The second-order valence-corrected chi connectivity index (χ2v) is 5.98. The van der Waals surface area contributed by atoms with Gasteiger partial charge in [0.15, 0.2) is 0 Å². The van der Waals surface area contributed by atoms with Crippen molar-refractivity contribution < 1.29 is 23.4 Å². The van der Waals surface area contributed by atoms with E-state index in [4.69, 9.17) is 4.74 Å². The molecular formula is C18H18F2N2O3. The number of carbonyl (C=O) groups excluding carboxylic acids is 1. The van der Waals surface area contributed by atoms with Crippen molar-refractivity contribution >= 4 is 5.91 Å². The molecule has 1 heterocycles. The number of rotatable bonds is 4. The Bertz CT molecular complexity index is 723. The first kappa shape index (κ1) is 17.3. The molecular weight excluding hydrogens is 330 g/mol. The van der Waals surface area contributed by atoms with E-state index in [1.54, 1.807) is 12.1 Å². The lowest BCUT2D eigenvalue weighted by Gasteiger charge is -2.34. The molecule has 0 saturated heterocycles. The number of aliphatic hydroxyl groups is 1. The van der Waals surface area contributed by atoms with Gasteiger partial charge in [-0.15, -0.1) is 0 Å². The van der Waals surface area contributed by atoms with Gasteiger partial charge in [0.05, 0.1) is 11.6 Å². The van der Waals surface area contributed by atoms with E-state index in [1.807, 2.05) is 18.2 Å². The minimum atomic E-state index is -3.18. The van der Waals surface area contributed by atoms with Gasteiger partial charge in [-0.2, -0.15) is 0 Å². The van der Waals surface area contributed by atoms with E-state index < -0.39 is 24.0 Å². The number of nitrogens with zero attached hydrogens (tertiary/aromatic N) is 1. The molecule has 2 N–H and O–H groups in total. The lowest BCUT2D eigenvalue weighted by molar-refractivity contribution is -0.141. The molecule has 1 fully saturated rings. The predicted molar refractivity (Wildman–Crippen MR) is 86.8 cm³/mol. The third kappa shape index (κ3) is 4.11. The summed E-state index contributed by atoms with van der Waals surface area (Å²) in [5.74, 6) is -2.81. The first-order valence-electron chi connectivity index (χ1n) is 8.01. The maximum atomic E-state index is 13.5. The van der Waals surface area contributed by atoms with Crippen molar-refractivity contribution in [1.29, 1.82) is 0 Å². The van der Waals surface area contributed by atoms with Gasteiger partial charge >= 0.3 is 0 Å². The van der Waals surface area contributed by atoms with Crippen LogP contribution in [0.2, 0.25) is 0 Å². The van der Waals surface area contributed by atoms with Crippen molar-refractivity contribution in [3.8, 4) is 11.6 Å². The van der Waals surface area contributed by atoms with Crippen molar-refractivity contribution in [1.82, 2.24) is 10.3 Å². The third-order valence-electron chi connectivity index (χ3n) is 4.12. The van der Waals surface area contributed by atoms with Crippen LogP contribution in [0.15, 0.2) is 48.7 Å². The fourth-order valence-electron chi connectivity index (χ4n) is 2.74. The van der Waals surface area contributed by atoms with Crippen molar-refractivity contribution in [2.24, 2.45) is 0 Å². The number of halogens is 2. The Balaban J connectivity index is 1.63. The van der Waals surface area contributed by atoms with Gasteiger partial charge in [-0.1, -0.05) is 18.2 Å². The molecule has 0 bridgehead atoms. The highest BCUT2D eigenvalue weighted by molar-refractivity contribution is 5.94. The van der Waals surface area contributed by atoms with Crippen LogP contribution in [0.25, 0.3) is 0 Å². The number of carbonyl (C=O) groups is 1. The Hall–Kier alpha value is -2.54. The Morgan fingerprint density at radius 3 is 2.68 bits per heavy atom. The van der Waals surface area contributed by atoms with Crippen LogP contribution in [0.4, 0.5) is 8.78 Å². The third-order valence-corrected chi connectivity index (χ3v) is 4.12. The Morgan fingerprint density at radius 1 is 1.24 bits per heavy atom. The molecule has 0 radical (unpaired) electrons. The molecule has 1 saturated carbocycles. The number of benzene rings is 1. The summed E-state index contributed by atoms with van der Waals surface area (Å²) >= 11 is 0. The van der Waals surface area contributed by atoms with Crippen LogP contribution in [0, 0.1) is 0 Å². The molecule has 25 heavy (non-hydrogen) atoms. The summed E-state index contributed by atoms with van der Waals surface area (Å²) in [6.07, 6.45) is -0.379. The van der Waals surface area contributed by atoms with E-state index in [0.717, 1.165) is 0 Å². The average Bonchev–Trinajstić information content (AvgIpc) is 2.60. The van der Waals surface area contributed by atoms with Crippen molar-refractivity contribution in [2.75, 3.05) is 0 Å². The monoisotopic (exact) mass is 348 g/mol. The molecule has 1 aliphatic rings. The van der Waals surface area contributed by atoms with E-state index >= 15 is 0 Å². The van der Waals surface area contributed by atoms with Crippen LogP contribution in [0.5, 0.6) is 11.6 Å². The average molecular weight is 348 g/mol. The molecule has 5 nitrogen and oxygen atoms in total. The zero-order valence-corrected chi connectivity index (χ0v) is 13.4. The largest absolute Gasteiger partial charge is 0.439 e. The number of ether oxygens (including phenoxy) is 1. The molecule has 1 aliphatic carbocycles. The normalized spacial score (nSPS) is 22.2. The van der Waals surface area contributed by atoms with Crippen LogP contribution >= 0.6 is 0 Å². The topological polar surface area (TPSA) is 71.5 Å². The summed E-state index contributed by atoms with van der Waals surface area (Å²) in [4.78, 5) is 16.2. The predicted octanol–water partition coefficient (Wildman–Crippen LogP) is 3.15. The number of pyridine rings is 1. The number of amides is 1. The minimum absolute atomic E-state index is 0.210. The molecule has 2 atom stereocenters. The number of hydrogen-bond acceptors (Lipinski definition) is 4. The van der Waals surface area contributed by atoms with Crippen LogP contribution < -0.4 is 10.1 Å². The van der Waals surface area contributed by atoms with Gasteiger partial charge in [-0.05, 0) is 31.0 Å². The summed E-state index contributed by atoms with van der Waals surface area (Å²) in [5, 5.41) is 12.2. The van der Waals surface area contributed by atoms with Crippen LogP contribution in [0.1, 0.15) is 29.6 Å². The Morgan fingerprint density at radius 2 is 2.00 bits per heavy atom. The lowest BCUT2D eigenvalue weighted by atomic mass is 9.89. The summed E-state index contributed by atoms with van der Waals surface area (Å²) in [6, 6.07) is 11.1. The van der Waals surface area contributed by atoms with E-state index in [9.17, 15) is 18.7 Å². The molecule has 3 rings (SSSR count). The summed E-state index contributed by atoms with van der Waals surface area (Å²) in [6.45, 7) is 0. The van der Waals surface area contributed by atoms with Crippen molar-refractivity contribution in [2.45, 2.75) is 37.3 Å². The molecule has 132 valence electrons. The second kappa shape index (κ2) is 7.14. The summed E-state index contributed by atoms with van der Waals surface area (Å²) < 4.78 is 32.6. The van der Waals surface area contributed by atoms with Crippen LogP contribution in [0.3, 0.4) is 0 Å². The second-order valence-electron chi connectivity index (χ2n) is 5.98. The van der Waals surface area contributed by atoms with E-state index in [0.29, 0.717) is 18.1 Å². The van der Waals surface area contributed by atoms with Crippen molar-refractivity contribution in [3.63, 3.8) is 0 Å². The standard InChI is InChI=1S/C18H18F2N2O3/c19-18(20)10-4-7-14(16(18)23)22-17(24)12-8-9-15(21-11-12)25-13-5-2-1-3-6-13/h1-3,5-6,8-9,11,14,16,23H,4,7,10H2,(H,22,24)/t14-,16+/m0/s1. The van der Waals surface area contributed by atoms with E-state index in [1.165, 1.54) is 18.3 Å². The van der Waals surface area contributed by atoms with Gasteiger partial charge in [-0.25, -0.2) is 13.8 Å². The summed E-state index contributed by atoms with van der Waals surface area (Å²) in [5.41, 5.74) is 0.210. The zero-order chi connectivity index (χ0) is 17.9. The molecule has 2 aromatic rings. The first-order valence-corrected chi connectivity index (χ1v) is 8.01. The lowest BCUT2D eigenvalue weighted by Crippen LogP contribution is -2.54. The number of para-hydroxylation sites is 1. The molecule has 7 heteroatoms. The molecule has 1 amide bonds. The first-order chi connectivity index (χ1) is 12.0. The van der Waals surface area contributed by atoms with Gasteiger partial charge in [0.25, 0.3) is 11.8 Å². The molecule has 0 aliphatic heterocycles. The van der Waals surface area contributed by atoms with E-state index in [-0.39, 0.29) is 18.4 Å².